The van der Waals surface area contributed by atoms with Gasteiger partial charge in [0.2, 0.25) is 0 Å². The van der Waals surface area contributed by atoms with Crippen molar-refractivity contribution in [2.45, 2.75) is 50.8 Å². The standard InChI is InChI=1S/C11H22ClN/c1-2-3-4-8-13-9-10-6-5-7-11(10)12/h10-11,13H,2-9H2,1H3. The van der Waals surface area contributed by atoms with Gasteiger partial charge < -0.3 is 5.32 Å². The third-order valence-corrected chi connectivity index (χ3v) is 3.50. The molecule has 1 rings (SSSR count). The van der Waals surface area contributed by atoms with Gasteiger partial charge in [-0.15, -0.1) is 11.6 Å². The summed E-state index contributed by atoms with van der Waals surface area (Å²) in [5.41, 5.74) is 0. The highest BCUT2D eigenvalue weighted by atomic mass is 35.5. The van der Waals surface area contributed by atoms with E-state index in [1.54, 1.807) is 0 Å². The van der Waals surface area contributed by atoms with Crippen LogP contribution in [0.5, 0.6) is 0 Å². The molecule has 0 saturated heterocycles. The van der Waals surface area contributed by atoms with Crippen molar-refractivity contribution < 1.29 is 0 Å². The minimum Gasteiger partial charge on any atom is -0.316 e. The second-order valence-corrected chi connectivity index (χ2v) is 4.68. The highest BCUT2D eigenvalue weighted by Gasteiger charge is 2.24. The summed E-state index contributed by atoms with van der Waals surface area (Å²) in [6, 6.07) is 0. The maximum absolute atomic E-state index is 6.18. The van der Waals surface area contributed by atoms with E-state index in [1.165, 1.54) is 45.1 Å². The van der Waals surface area contributed by atoms with Crippen LogP contribution in [0.25, 0.3) is 0 Å². The summed E-state index contributed by atoms with van der Waals surface area (Å²) in [6.45, 7) is 4.55. The number of nitrogens with one attached hydrogen (secondary N) is 1. The van der Waals surface area contributed by atoms with Crippen LogP contribution in [-0.4, -0.2) is 18.5 Å². The first kappa shape index (κ1) is 11.3. The smallest absolute Gasteiger partial charge is 0.0376 e. The maximum Gasteiger partial charge on any atom is 0.0376 e. The highest BCUT2D eigenvalue weighted by molar-refractivity contribution is 6.20. The van der Waals surface area contributed by atoms with Crippen LogP contribution in [0.3, 0.4) is 0 Å². The second kappa shape index (κ2) is 6.67. The van der Waals surface area contributed by atoms with Crippen molar-refractivity contribution >= 4 is 11.6 Å². The maximum atomic E-state index is 6.18. The van der Waals surface area contributed by atoms with Crippen LogP contribution in [0, 0.1) is 5.92 Å². The summed E-state index contributed by atoms with van der Waals surface area (Å²) in [6.07, 6.45) is 7.86. The number of alkyl halides is 1. The molecule has 0 aromatic carbocycles. The molecule has 0 aliphatic heterocycles. The molecule has 2 heteroatoms. The Labute approximate surface area is 87.2 Å². The molecule has 1 aliphatic rings. The predicted molar refractivity (Wildman–Crippen MR) is 59.4 cm³/mol. The first-order chi connectivity index (χ1) is 6.34. The first-order valence-electron chi connectivity index (χ1n) is 5.69. The van der Waals surface area contributed by atoms with Crippen LogP contribution in [0.2, 0.25) is 0 Å². The molecule has 2 unspecified atom stereocenters. The molecule has 1 aliphatic carbocycles. The zero-order chi connectivity index (χ0) is 9.52. The molecule has 1 N–H and O–H groups in total. The summed E-state index contributed by atoms with van der Waals surface area (Å²) in [5, 5.41) is 3.95. The molecular formula is C11H22ClN. The Morgan fingerprint density at radius 3 is 2.77 bits per heavy atom. The topological polar surface area (TPSA) is 12.0 Å². The van der Waals surface area contributed by atoms with Gasteiger partial charge in [-0.2, -0.15) is 0 Å². The molecule has 1 saturated carbocycles. The average molecular weight is 204 g/mol. The zero-order valence-electron chi connectivity index (χ0n) is 8.69. The van der Waals surface area contributed by atoms with Crippen LogP contribution < -0.4 is 5.32 Å². The Bertz CT molecular complexity index is 127. The monoisotopic (exact) mass is 203 g/mol. The zero-order valence-corrected chi connectivity index (χ0v) is 9.45. The van der Waals surface area contributed by atoms with E-state index < -0.39 is 0 Å². The van der Waals surface area contributed by atoms with E-state index in [1.807, 2.05) is 0 Å². The van der Waals surface area contributed by atoms with Gasteiger partial charge in [0, 0.05) is 5.38 Å². The van der Waals surface area contributed by atoms with Crippen molar-refractivity contribution in [2.24, 2.45) is 5.92 Å². The molecule has 0 bridgehead atoms. The number of halogens is 1. The summed E-state index contributed by atoms with van der Waals surface area (Å²) in [4.78, 5) is 0. The van der Waals surface area contributed by atoms with Crippen LogP contribution in [-0.2, 0) is 0 Å². The molecule has 0 aromatic heterocycles. The van der Waals surface area contributed by atoms with Gasteiger partial charge in [-0.05, 0) is 38.3 Å². The number of rotatable bonds is 6. The third-order valence-electron chi connectivity index (χ3n) is 2.93. The lowest BCUT2D eigenvalue weighted by Crippen LogP contribution is -2.26. The van der Waals surface area contributed by atoms with Crippen molar-refractivity contribution in [1.29, 1.82) is 0 Å². The molecule has 0 heterocycles. The minimum absolute atomic E-state index is 0.443. The van der Waals surface area contributed by atoms with E-state index in [2.05, 4.69) is 12.2 Å². The Morgan fingerprint density at radius 2 is 2.15 bits per heavy atom. The van der Waals surface area contributed by atoms with Crippen LogP contribution >= 0.6 is 11.6 Å². The van der Waals surface area contributed by atoms with Crippen molar-refractivity contribution in [1.82, 2.24) is 5.32 Å². The van der Waals surface area contributed by atoms with E-state index in [0.29, 0.717) is 5.38 Å². The summed E-state index contributed by atoms with van der Waals surface area (Å²) in [5.74, 6) is 0.739. The fourth-order valence-corrected chi connectivity index (χ4v) is 2.38. The van der Waals surface area contributed by atoms with E-state index in [9.17, 15) is 0 Å². The lowest BCUT2D eigenvalue weighted by atomic mass is 10.1. The molecule has 0 aromatic rings. The molecular weight excluding hydrogens is 182 g/mol. The van der Waals surface area contributed by atoms with Crippen molar-refractivity contribution in [2.75, 3.05) is 13.1 Å². The normalized spacial score (nSPS) is 28.2. The van der Waals surface area contributed by atoms with Gasteiger partial charge in [-0.25, -0.2) is 0 Å². The highest BCUT2D eigenvalue weighted by Crippen LogP contribution is 2.29. The van der Waals surface area contributed by atoms with E-state index in [4.69, 9.17) is 11.6 Å². The lowest BCUT2D eigenvalue weighted by Gasteiger charge is -2.14. The Morgan fingerprint density at radius 1 is 1.31 bits per heavy atom. The summed E-state index contributed by atoms with van der Waals surface area (Å²) in [7, 11) is 0. The summed E-state index contributed by atoms with van der Waals surface area (Å²) >= 11 is 6.18. The van der Waals surface area contributed by atoms with Gasteiger partial charge in [0.1, 0.15) is 0 Å². The van der Waals surface area contributed by atoms with Crippen molar-refractivity contribution in [3.05, 3.63) is 0 Å². The molecule has 0 amide bonds. The number of hydrogen-bond acceptors (Lipinski definition) is 1. The molecule has 1 nitrogen and oxygen atoms in total. The van der Waals surface area contributed by atoms with Crippen LogP contribution in [0.15, 0.2) is 0 Å². The van der Waals surface area contributed by atoms with Crippen LogP contribution in [0.1, 0.15) is 45.4 Å². The first-order valence-corrected chi connectivity index (χ1v) is 6.13. The fourth-order valence-electron chi connectivity index (χ4n) is 2.01. The summed E-state index contributed by atoms with van der Waals surface area (Å²) < 4.78 is 0. The Balaban J connectivity index is 1.93. The van der Waals surface area contributed by atoms with Crippen molar-refractivity contribution in [3.63, 3.8) is 0 Å². The van der Waals surface area contributed by atoms with Gasteiger partial charge in [-0.1, -0.05) is 26.2 Å². The quantitative estimate of drug-likeness (QED) is 0.517. The van der Waals surface area contributed by atoms with E-state index in [0.717, 1.165) is 12.5 Å². The van der Waals surface area contributed by atoms with Gasteiger partial charge >= 0.3 is 0 Å². The lowest BCUT2D eigenvalue weighted by molar-refractivity contribution is 0.485. The van der Waals surface area contributed by atoms with Gasteiger partial charge in [0.05, 0.1) is 0 Å². The largest absolute Gasteiger partial charge is 0.316 e. The molecule has 78 valence electrons. The number of hydrogen-bond donors (Lipinski definition) is 1. The minimum atomic E-state index is 0.443. The van der Waals surface area contributed by atoms with Gasteiger partial charge in [0.25, 0.3) is 0 Å². The fraction of sp³-hybridized carbons (Fsp3) is 1.00. The van der Waals surface area contributed by atoms with E-state index >= 15 is 0 Å². The van der Waals surface area contributed by atoms with Gasteiger partial charge in [0.15, 0.2) is 0 Å². The molecule has 0 spiro atoms. The third kappa shape index (κ3) is 4.33. The van der Waals surface area contributed by atoms with Gasteiger partial charge in [-0.3, -0.25) is 0 Å². The number of unbranched alkanes of at least 4 members (excludes halogenated alkanes) is 2. The van der Waals surface area contributed by atoms with Crippen LogP contribution in [0.4, 0.5) is 0 Å². The molecule has 2 atom stereocenters. The Kier molecular flexibility index (Phi) is 5.81. The average Bonchev–Trinajstić information content (AvgIpc) is 2.52. The second-order valence-electron chi connectivity index (χ2n) is 4.12. The molecule has 1 fully saturated rings. The predicted octanol–water partition coefficient (Wildman–Crippen LogP) is 3.17. The SMILES string of the molecule is CCCCCNCC1CCCC1Cl. The molecule has 13 heavy (non-hydrogen) atoms. The molecule has 0 radical (unpaired) electrons. The Hall–Kier alpha value is 0.250. The van der Waals surface area contributed by atoms with Crippen molar-refractivity contribution in [3.8, 4) is 0 Å². The van der Waals surface area contributed by atoms with E-state index in [-0.39, 0.29) is 0 Å².